The summed E-state index contributed by atoms with van der Waals surface area (Å²) in [6, 6.07) is 26.6. The Labute approximate surface area is 151 Å². The largest absolute Gasteiger partial charge is 0.321 e. The van der Waals surface area contributed by atoms with Crippen molar-refractivity contribution in [1.29, 1.82) is 0 Å². The van der Waals surface area contributed by atoms with Gasteiger partial charge in [-0.2, -0.15) is 0 Å². The highest BCUT2D eigenvalue weighted by Crippen LogP contribution is 2.13. The third-order valence-corrected chi connectivity index (χ3v) is 3.57. The smallest absolute Gasteiger partial charge is 0.269 e. The highest BCUT2D eigenvalue weighted by atomic mass is 16.2. The number of hydrogen-bond acceptors (Lipinski definition) is 3. The minimum Gasteiger partial charge on any atom is -0.321 e. The molecule has 4 heteroatoms. The predicted molar refractivity (Wildman–Crippen MR) is 103 cm³/mol. The van der Waals surface area contributed by atoms with Crippen molar-refractivity contribution >= 4 is 28.9 Å². The van der Waals surface area contributed by atoms with Crippen LogP contribution in [0.5, 0.6) is 0 Å². The topological polar surface area (TPSA) is 58.5 Å². The van der Waals surface area contributed by atoms with E-state index in [-0.39, 0.29) is 5.57 Å². The van der Waals surface area contributed by atoms with Crippen molar-refractivity contribution in [2.75, 3.05) is 5.32 Å². The fourth-order valence-electron chi connectivity index (χ4n) is 2.28. The first-order valence-electron chi connectivity index (χ1n) is 8.09. The number of nitrogens with one attached hydrogen (secondary N) is 1. The molecule has 1 N–H and O–H groups in total. The Balaban J connectivity index is 1.97. The fraction of sp³-hybridized carbons (Fsp3) is 0. The molecule has 0 unspecified atom stereocenters. The van der Waals surface area contributed by atoms with E-state index in [0.29, 0.717) is 16.9 Å². The van der Waals surface area contributed by atoms with Gasteiger partial charge < -0.3 is 5.32 Å². The number of anilines is 1. The molecule has 3 aromatic rings. The molecule has 0 fully saturated rings. The summed E-state index contributed by atoms with van der Waals surface area (Å²) in [5, 5.41) is 2.71. The minimum atomic E-state index is -0.551. The van der Waals surface area contributed by atoms with Gasteiger partial charge in [-0.3, -0.25) is 9.59 Å². The number of rotatable bonds is 5. The van der Waals surface area contributed by atoms with Crippen molar-refractivity contribution in [3.8, 4) is 0 Å². The molecule has 126 valence electrons. The number of nitrogens with zero attached hydrogens (tertiary/aromatic N) is 1. The van der Waals surface area contributed by atoms with Crippen LogP contribution in [0.3, 0.4) is 0 Å². The molecule has 0 bridgehead atoms. The fourth-order valence-corrected chi connectivity index (χ4v) is 2.28. The van der Waals surface area contributed by atoms with E-state index in [9.17, 15) is 9.59 Å². The molecule has 0 saturated heterocycles. The first-order valence-corrected chi connectivity index (χ1v) is 8.09. The molecule has 26 heavy (non-hydrogen) atoms. The van der Waals surface area contributed by atoms with Gasteiger partial charge in [0.25, 0.3) is 5.91 Å². The Morgan fingerprint density at radius 3 is 1.88 bits per heavy atom. The van der Waals surface area contributed by atoms with Crippen LogP contribution in [-0.4, -0.2) is 17.6 Å². The maximum absolute atomic E-state index is 12.8. The summed E-state index contributed by atoms with van der Waals surface area (Å²) >= 11 is 0. The Morgan fingerprint density at radius 1 is 0.731 bits per heavy atom. The molecular formula is C22H16N2O2. The zero-order valence-corrected chi connectivity index (χ0v) is 13.9. The van der Waals surface area contributed by atoms with Gasteiger partial charge in [0.05, 0.1) is 5.69 Å². The normalized spacial score (nSPS) is 9.69. The predicted octanol–water partition coefficient (Wildman–Crippen LogP) is 4.44. The van der Waals surface area contributed by atoms with Gasteiger partial charge in [-0.05, 0) is 24.3 Å². The van der Waals surface area contributed by atoms with Crippen molar-refractivity contribution in [2.45, 2.75) is 0 Å². The molecule has 0 aliphatic carbocycles. The molecule has 3 rings (SSSR count). The summed E-state index contributed by atoms with van der Waals surface area (Å²) in [6.07, 6.45) is 0. The molecule has 0 radical (unpaired) electrons. The zero-order valence-electron chi connectivity index (χ0n) is 13.9. The lowest BCUT2D eigenvalue weighted by atomic mass is 10.0. The lowest BCUT2D eigenvalue weighted by Gasteiger charge is -2.06. The summed E-state index contributed by atoms with van der Waals surface area (Å²) in [6.45, 7) is 0. The van der Waals surface area contributed by atoms with Gasteiger partial charge >= 0.3 is 0 Å². The highest BCUT2D eigenvalue weighted by molar-refractivity contribution is 6.33. The van der Waals surface area contributed by atoms with E-state index in [1.807, 2.05) is 30.3 Å². The summed E-state index contributed by atoms with van der Waals surface area (Å²) in [7, 11) is 0. The zero-order chi connectivity index (χ0) is 18.2. The van der Waals surface area contributed by atoms with E-state index in [4.69, 9.17) is 0 Å². The number of ketones is 1. The van der Waals surface area contributed by atoms with Gasteiger partial charge in [0.2, 0.25) is 5.78 Å². The molecule has 0 aliphatic heterocycles. The second kappa shape index (κ2) is 8.38. The van der Waals surface area contributed by atoms with Crippen LogP contribution < -0.4 is 5.32 Å². The van der Waals surface area contributed by atoms with E-state index in [2.05, 4.69) is 16.2 Å². The first kappa shape index (κ1) is 17.1. The Kier molecular flexibility index (Phi) is 5.51. The number of para-hydroxylation sites is 2. The number of Topliss-reactive ketones (excluding diaryl/α,β-unsaturated/α-hetero) is 1. The SMILES string of the molecule is O=C(Nc1ccccc1)C(=C=Nc1ccccc1)C(=O)c1ccccc1. The summed E-state index contributed by atoms with van der Waals surface area (Å²) in [5.74, 6) is 1.65. The highest BCUT2D eigenvalue weighted by Gasteiger charge is 2.20. The molecule has 4 nitrogen and oxygen atoms in total. The van der Waals surface area contributed by atoms with Crippen molar-refractivity contribution in [1.82, 2.24) is 0 Å². The first-order chi connectivity index (χ1) is 12.7. The van der Waals surface area contributed by atoms with E-state index in [0.717, 1.165) is 0 Å². The molecule has 1 amide bonds. The maximum Gasteiger partial charge on any atom is 0.269 e. The van der Waals surface area contributed by atoms with Crippen LogP contribution >= 0.6 is 0 Å². The number of carbonyl (C=O) groups is 2. The van der Waals surface area contributed by atoms with Crippen LogP contribution in [0.4, 0.5) is 11.4 Å². The van der Waals surface area contributed by atoms with E-state index in [1.54, 1.807) is 60.7 Å². The van der Waals surface area contributed by atoms with Crippen molar-refractivity contribution in [3.05, 3.63) is 102 Å². The van der Waals surface area contributed by atoms with Crippen LogP contribution in [-0.2, 0) is 4.79 Å². The molecule has 0 saturated carbocycles. The van der Waals surface area contributed by atoms with Gasteiger partial charge in [0.15, 0.2) is 0 Å². The number of carbonyl (C=O) groups excluding carboxylic acids is 2. The number of amides is 1. The molecule has 0 aromatic heterocycles. The third-order valence-electron chi connectivity index (χ3n) is 3.57. The van der Waals surface area contributed by atoms with E-state index in [1.165, 1.54) is 0 Å². The number of benzene rings is 3. The van der Waals surface area contributed by atoms with Crippen LogP contribution in [0.15, 0.2) is 102 Å². The summed E-state index contributed by atoms with van der Waals surface area (Å²) in [5.41, 5.74) is 1.46. The molecule has 0 heterocycles. The summed E-state index contributed by atoms with van der Waals surface area (Å²) in [4.78, 5) is 29.6. The van der Waals surface area contributed by atoms with Crippen LogP contribution in [0.25, 0.3) is 0 Å². The van der Waals surface area contributed by atoms with Gasteiger partial charge in [0, 0.05) is 17.1 Å². The monoisotopic (exact) mass is 340 g/mol. The molecule has 3 aromatic carbocycles. The van der Waals surface area contributed by atoms with Crippen molar-refractivity contribution in [3.63, 3.8) is 0 Å². The van der Waals surface area contributed by atoms with Crippen molar-refractivity contribution in [2.24, 2.45) is 4.99 Å². The Morgan fingerprint density at radius 2 is 1.27 bits per heavy atom. The number of hydrogen-bond donors (Lipinski definition) is 1. The number of aliphatic imine (C=N–C) groups is 1. The average Bonchev–Trinajstić information content (AvgIpc) is 2.70. The summed E-state index contributed by atoms with van der Waals surface area (Å²) < 4.78 is 0. The second-order valence-corrected chi connectivity index (χ2v) is 5.45. The van der Waals surface area contributed by atoms with Gasteiger partial charge in [-0.1, -0.05) is 66.7 Å². The lowest BCUT2D eigenvalue weighted by Crippen LogP contribution is -2.21. The molecule has 0 spiro atoms. The maximum atomic E-state index is 12.8. The van der Waals surface area contributed by atoms with Crippen LogP contribution in [0, 0.1) is 0 Å². The lowest BCUT2D eigenvalue weighted by molar-refractivity contribution is -0.112. The van der Waals surface area contributed by atoms with Crippen molar-refractivity contribution < 1.29 is 9.59 Å². The Hall–Kier alpha value is -3.75. The second-order valence-electron chi connectivity index (χ2n) is 5.45. The van der Waals surface area contributed by atoms with Gasteiger partial charge in [-0.25, -0.2) is 4.99 Å². The molecule has 0 atom stereocenters. The standard InChI is InChI=1S/C22H16N2O2/c25-21(17-10-4-1-5-11-17)20(16-23-18-12-6-2-7-13-18)22(26)24-19-14-8-3-9-15-19/h1-15H,(H,24,26). The van der Waals surface area contributed by atoms with E-state index >= 15 is 0 Å². The molecular weight excluding hydrogens is 324 g/mol. The van der Waals surface area contributed by atoms with Crippen LogP contribution in [0.1, 0.15) is 10.4 Å². The van der Waals surface area contributed by atoms with E-state index < -0.39 is 11.7 Å². The van der Waals surface area contributed by atoms with Gasteiger partial charge in [-0.15, -0.1) is 0 Å². The third kappa shape index (κ3) is 4.41. The molecule has 0 aliphatic rings. The van der Waals surface area contributed by atoms with Crippen LogP contribution in [0.2, 0.25) is 0 Å². The Bertz CT molecular complexity index is 959. The minimum absolute atomic E-state index is 0.149. The quantitative estimate of drug-likeness (QED) is 0.245. The average molecular weight is 340 g/mol. The van der Waals surface area contributed by atoms with Gasteiger partial charge in [0.1, 0.15) is 5.57 Å².